The van der Waals surface area contributed by atoms with E-state index in [-0.39, 0.29) is 11.7 Å². The molecule has 0 radical (unpaired) electrons. The minimum absolute atomic E-state index is 0.0659. The van der Waals surface area contributed by atoms with Crippen molar-refractivity contribution in [1.82, 2.24) is 10.6 Å². The average Bonchev–Trinajstić information content (AvgIpc) is 3.31. The molecular weight excluding hydrogens is 396 g/mol. The van der Waals surface area contributed by atoms with E-state index in [1.54, 1.807) is 50.6 Å². The Morgan fingerprint density at radius 2 is 1.55 bits per heavy atom. The number of furan rings is 1. The Hall–Kier alpha value is -4.00. The third-order valence-corrected chi connectivity index (χ3v) is 4.64. The smallest absolute Gasteiger partial charge is 0.268 e. The number of carbonyl (C=O) groups excluding carboxylic acids is 2. The quantitative estimate of drug-likeness (QED) is 0.539. The molecule has 0 bridgehead atoms. The Morgan fingerprint density at radius 1 is 0.935 bits per heavy atom. The second-order valence-electron chi connectivity index (χ2n) is 6.72. The molecule has 0 spiro atoms. The van der Waals surface area contributed by atoms with Crippen molar-refractivity contribution in [3.8, 4) is 11.5 Å². The van der Waals surface area contributed by atoms with Gasteiger partial charge in [0.2, 0.25) is 0 Å². The molecule has 0 unspecified atom stereocenters. The molecule has 0 saturated carbocycles. The maximum absolute atomic E-state index is 13.0. The second-order valence-corrected chi connectivity index (χ2v) is 6.72. The third kappa shape index (κ3) is 5.76. The van der Waals surface area contributed by atoms with E-state index in [0.717, 1.165) is 11.3 Å². The van der Waals surface area contributed by atoms with Gasteiger partial charge in [0.1, 0.15) is 23.0 Å². The van der Waals surface area contributed by atoms with E-state index in [4.69, 9.17) is 13.9 Å². The fourth-order valence-electron chi connectivity index (χ4n) is 2.86. The lowest BCUT2D eigenvalue weighted by atomic mass is 10.1. The van der Waals surface area contributed by atoms with E-state index >= 15 is 0 Å². The van der Waals surface area contributed by atoms with E-state index < -0.39 is 11.8 Å². The molecule has 2 N–H and O–H groups in total. The predicted molar refractivity (Wildman–Crippen MR) is 117 cm³/mol. The summed E-state index contributed by atoms with van der Waals surface area (Å²) in [4.78, 5) is 25.7. The van der Waals surface area contributed by atoms with E-state index in [1.165, 1.54) is 12.3 Å². The molecule has 7 nitrogen and oxygen atoms in total. The molecule has 0 fully saturated rings. The Balaban J connectivity index is 1.77. The number of hydrogen-bond acceptors (Lipinski definition) is 5. The van der Waals surface area contributed by atoms with Crippen LogP contribution in [-0.4, -0.2) is 26.0 Å². The van der Waals surface area contributed by atoms with Crippen molar-refractivity contribution in [2.24, 2.45) is 0 Å². The molecule has 7 heteroatoms. The van der Waals surface area contributed by atoms with Crippen molar-refractivity contribution in [2.45, 2.75) is 13.0 Å². The van der Waals surface area contributed by atoms with Crippen LogP contribution in [0.2, 0.25) is 0 Å². The summed E-state index contributed by atoms with van der Waals surface area (Å²) in [6.07, 6.45) is 2.98. The fourth-order valence-corrected chi connectivity index (χ4v) is 2.86. The van der Waals surface area contributed by atoms with Crippen LogP contribution in [0.4, 0.5) is 0 Å². The summed E-state index contributed by atoms with van der Waals surface area (Å²) in [6, 6.07) is 17.1. The van der Waals surface area contributed by atoms with Gasteiger partial charge in [0, 0.05) is 11.6 Å². The topological polar surface area (TPSA) is 89.8 Å². The highest BCUT2D eigenvalue weighted by atomic mass is 16.5. The van der Waals surface area contributed by atoms with E-state index in [2.05, 4.69) is 10.6 Å². The molecule has 0 aliphatic heterocycles. The number of carbonyl (C=O) groups is 2. The van der Waals surface area contributed by atoms with Crippen molar-refractivity contribution in [3.05, 3.63) is 89.5 Å². The molecule has 2 aromatic carbocycles. The van der Waals surface area contributed by atoms with Crippen molar-refractivity contribution in [1.29, 1.82) is 0 Å². The van der Waals surface area contributed by atoms with Gasteiger partial charge < -0.3 is 24.5 Å². The molecule has 0 aliphatic carbocycles. The largest absolute Gasteiger partial charge is 0.497 e. The molecule has 1 atom stereocenters. The van der Waals surface area contributed by atoms with Gasteiger partial charge in [-0.1, -0.05) is 12.1 Å². The molecule has 31 heavy (non-hydrogen) atoms. The number of hydrogen-bond donors (Lipinski definition) is 2. The standard InChI is InChI=1S/C24H24N2O5/c1-16(17-6-10-19(29-2)11-7-17)25-24(28)22(15-21-5-4-14-31-21)26-23(27)18-8-12-20(30-3)13-9-18/h4-16H,1-3H3,(H,25,28)(H,26,27)/b22-15-/t16-/m1/s1. The van der Waals surface area contributed by atoms with Crippen LogP contribution < -0.4 is 20.1 Å². The number of benzene rings is 2. The van der Waals surface area contributed by atoms with Crippen LogP contribution in [0.5, 0.6) is 11.5 Å². The van der Waals surface area contributed by atoms with Crippen LogP contribution in [0.25, 0.3) is 6.08 Å². The molecule has 3 aromatic rings. The van der Waals surface area contributed by atoms with Gasteiger partial charge >= 0.3 is 0 Å². The van der Waals surface area contributed by atoms with E-state index in [0.29, 0.717) is 17.1 Å². The minimum Gasteiger partial charge on any atom is -0.497 e. The Morgan fingerprint density at radius 3 is 2.10 bits per heavy atom. The van der Waals surface area contributed by atoms with Crippen molar-refractivity contribution < 1.29 is 23.5 Å². The van der Waals surface area contributed by atoms with Crippen LogP contribution in [0.3, 0.4) is 0 Å². The fraction of sp³-hybridized carbons (Fsp3) is 0.167. The number of ether oxygens (including phenoxy) is 2. The van der Waals surface area contributed by atoms with Gasteiger partial charge in [-0.25, -0.2) is 0 Å². The molecule has 0 saturated heterocycles. The summed E-state index contributed by atoms with van der Waals surface area (Å²) >= 11 is 0. The number of nitrogens with one attached hydrogen (secondary N) is 2. The lowest BCUT2D eigenvalue weighted by molar-refractivity contribution is -0.118. The minimum atomic E-state index is -0.443. The number of amides is 2. The van der Waals surface area contributed by atoms with Crippen molar-refractivity contribution in [3.63, 3.8) is 0 Å². The first kappa shape index (κ1) is 21.7. The third-order valence-electron chi connectivity index (χ3n) is 4.64. The zero-order valence-electron chi connectivity index (χ0n) is 17.5. The molecule has 2 amide bonds. The Bertz CT molecular complexity index is 1040. The molecule has 0 aliphatic rings. The zero-order chi connectivity index (χ0) is 22.2. The maximum atomic E-state index is 13.0. The molecular formula is C24H24N2O5. The lowest BCUT2D eigenvalue weighted by Gasteiger charge is -2.17. The number of methoxy groups -OCH3 is 2. The molecule has 1 aromatic heterocycles. The summed E-state index contributed by atoms with van der Waals surface area (Å²) in [7, 11) is 3.14. The first-order valence-electron chi connectivity index (χ1n) is 9.65. The van der Waals surface area contributed by atoms with Gasteiger partial charge in [-0.05, 0) is 61.0 Å². The highest BCUT2D eigenvalue weighted by Crippen LogP contribution is 2.18. The normalized spacial score (nSPS) is 12.0. The average molecular weight is 420 g/mol. The van der Waals surface area contributed by atoms with Crippen LogP contribution in [0.1, 0.15) is 34.6 Å². The van der Waals surface area contributed by atoms with Gasteiger partial charge in [0.05, 0.1) is 26.5 Å². The lowest BCUT2D eigenvalue weighted by Crippen LogP contribution is -2.36. The monoisotopic (exact) mass is 420 g/mol. The van der Waals surface area contributed by atoms with Gasteiger partial charge in [-0.3, -0.25) is 9.59 Å². The molecule has 3 rings (SSSR count). The highest BCUT2D eigenvalue weighted by Gasteiger charge is 2.18. The van der Waals surface area contributed by atoms with Crippen LogP contribution in [0.15, 0.2) is 77.0 Å². The number of rotatable bonds is 8. The van der Waals surface area contributed by atoms with Crippen LogP contribution >= 0.6 is 0 Å². The predicted octanol–water partition coefficient (Wildman–Crippen LogP) is 3.95. The van der Waals surface area contributed by atoms with Crippen LogP contribution in [-0.2, 0) is 4.79 Å². The second kappa shape index (κ2) is 10.2. The van der Waals surface area contributed by atoms with Gasteiger partial charge in [-0.15, -0.1) is 0 Å². The van der Waals surface area contributed by atoms with Crippen molar-refractivity contribution >= 4 is 17.9 Å². The van der Waals surface area contributed by atoms with Crippen molar-refractivity contribution in [2.75, 3.05) is 14.2 Å². The van der Waals surface area contributed by atoms with Crippen LogP contribution in [0, 0.1) is 0 Å². The Labute approximate surface area is 180 Å². The maximum Gasteiger partial charge on any atom is 0.268 e. The van der Waals surface area contributed by atoms with Gasteiger partial charge in [0.25, 0.3) is 11.8 Å². The summed E-state index contributed by atoms with van der Waals surface area (Å²) in [5.74, 6) is 0.938. The summed E-state index contributed by atoms with van der Waals surface area (Å²) in [6.45, 7) is 1.86. The summed E-state index contributed by atoms with van der Waals surface area (Å²) < 4.78 is 15.6. The Kier molecular flexibility index (Phi) is 7.11. The van der Waals surface area contributed by atoms with E-state index in [1.807, 2.05) is 31.2 Å². The molecule has 160 valence electrons. The first-order chi connectivity index (χ1) is 15.0. The van der Waals surface area contributed by atoms with Gasteiger partial charge in [-0.2, -0.15) is 0 Å². The SMILES string of the molecule is COc1ccc(C(=O)N/C(=C\c2ccco2)C(=O)N[C@H](C)c2ccc(OC)cc2)cc1. The molecule has 1 heterocycles. The zero-order valence-corrected chi connectivity index (χ0v) is 17.5. The summed E-state index contributed by atoms with van der Waals surface area (Å²) in [5, 5.41) is 5.57. The van der Waals surface area contributed by atoms with Gasteiger partial charge in [0.15, 0.2) is 0 Å². The van der Waals surface area contributed by atoms with E-state index in [9.17, 15) is 9.59 Å². The highest BCUT2D eigenvalue weighted by molar-refractivity contribution is 6.05. The first-order valence-corrected chi connectivity index (χ1v) is 9.65. The summed E-state index contributed by atoms with van der Waals surface area (Å²) in [5.41, 5.74) is 1.35.